The molecule has 0 spiro atoms. The van der Waals surface area contributed by atoms with E-state index in [0.717, 1.165) is 31.5 Å². The SMILES string of the molecule is CCNCc1ccc(N(C)CC2CC(O)C2)c(F)c1. The number of aliphatic hydroxyl groups is 1. The Morgan fingerprint density at radius 2 is 2.16 bits per heavy atom. The molecule has 0 bridgehead atoms. The normalized spacial score (nSPS) is 22.1. The summed E-state index contributed by atoms with van der Waals surface area (Å²) in [4.78, 5) is 1.95. The number of benzene rings is 1. The molecule has 0 saturated heterocycles. The fourth-order valence-corrected chi connectivity index (χ4v) is 2.57. The average Bonchev–Trinajstić information content (AvgIpc) is 2.34. The third kappa shape index (κ3) is 3.67. The van der Waals surface area contributed by atoms with Gasteiger partial charge in [-0.1, -0.05) is 13.0 Å². The number of hydrogen-bond donors (Lipinski definition) is 2. The molecule has 3 nitrogen and oxygen atoms in total. The predicted octanol–water partition coefficient (Wildman–Crippen LogP) is 2.14. The summed E-state index contributed by atoms with van der Waals surface area (Å²) in [7, 11) is 1.91. The average molecular weight is 266 g/mol. The molecule has 1 fully saturated rings. The first-order chi connectivity index (χ1) is 9.10. The molecule has 0 aliphatic heterocycles. The van der Waals surface area contributed by atoms with Gasteiger partial charge in [0.1, 0.15) is 5.82 Å². The first-order valence-electron chi connectivity index (χ1n) is 6.98. The maximum Gasteiger partial charge on any atom is 0.146 e. The topological polar surface area (TPSA) is 35.5 Å². The van der Waals surface area contributed by atoms with Gasteiger partial charge in [-0.3, -0.25) is 0 Å². The van der Waals surface area contributed by atoms with Gasteiger partial charge in [-0.05, 0) is 43.0 Å². The molecule has 1 aromatic carbocycles. The number of halogens is 1. The Kier molecular flexibility index (Phi) is 4.77. The standard InChI is InChI=1S/C15H23FN2O/c1-3-17-9-11-4-5-15(14(16)8-11)18(2)10-12-6-13(19)7-12/h4-5,8,12-13,17,19H,3,6-7,9-10H2,1-2H3. The Hall–Kier alpha value is -1.13. The van der Waals surface area contributed by atoms with Gasteiger partial charge in [0, 0.05) is 20.1 Å². The fraction of sp³-hybridized carbons (Fsp3) is 0.600. The lowest BCUT2D eigenvalue weighted by atomic mass is 9.82. The van der Waals surface area contributed by atoms with Crippen LogP contribution in [0.15, 0.2) is 18.2 Å². The zero-order valence-electron chi connectivity index (χ0n) is 11.7. The van der Waals surface area contributed by atoms with Crippen molar-refractivity contribution in [1.82, 2.24) is 5.32 Å². The Balaban J connectivity index is 1.95. The number of rotatable bonds is 6. The molecule has 2 N–H and O–H groups in total. The van der Waals surface area contributed by atoms with E-state index in [-0.39, 0.29) is 11.9 Å². The zero-order chi connectivity index (χ0) is 13.8. The lowest BCUT2D eigenvalue weighted by Gasteiger charge is -2.35. The quantitative estimate of drug-likeness (QED) is 0.828. The molecule has 1 aromatic rings. The van der Waals surface area contributed by atoms with Gasteiger partial charge in [-0.2, -0.15) is 0 Å². The number of nitrogens with one attached hydrogen (secondary N) is 1. The van der Waals surface area contributed by atoms with Gasteiger partial charge in [0.2, 0.25) is 0 Å². The Morgan fingerprint density at radius 3 is 2.74 bits per heavy atom. The summed E-state index contributed by atoms with van der Waals surface area (Å²) >= 11 is 0. The van der Waals surface area contributed by atoms with Crippen molar-refractivity contribution in [3.8, 4) is 0 Å². The van der Waals surface area contributed by atoms with Crippen LogP contribution in [0.3, 0.4) is 0 Å². The van der Waals surface area contributed by atoms with Crippen molar-refractivity contribution in [3.05, 3.63) is 29.6 Å². The molecule has 1 saturated carbocycles. The molecular weight excluding hydrogens is 243 g/mol. The number of aliphatic hydroxyl groups excluding tert-OH is 1. The molecule has 0 radical (unpaired) electrons. The second-order valence-corrected chi connectivity index (χ2v) is 5.44. The summed E-state index contributed by atoms with van der Waals surface area (Å²) in [6.45, 7) is 4.42. The van der Waals surface area contributed by atoms with Gasteiger partial charge in [-0.15, -0.1) is 0 Å². The van der Waals surface area contributed by atoms with Crippen molar-refractivity contribution in [1.29, 1.82) is 0 Å². The Morgan fingerprint density at radius 1 is 1.42 bits per heavy atom. The van der Waals surface area contributed by atoms with Crippen LogP contribution in [0.2, 0.25) is 0 Å². The van der Waals surface area contributed by atoms with Crippen molar-refractivity contribution >= 4 is 5.69 Å². The number of anilines is 1. The van der Waals surface area contributed by atoms with Crippen LogP contribution in [0.5, 0.6) is 0 Å². The van der Waals surface area contributed by atoms with E-state index < -0.39 is 0 Å². The van der Waals surface area contributed by atoms with Crippen LogP contribution in [-0.4, -0.2) is 31.3 Å². The third-order valence-corrected chi connectivity index (χ3v) is 3.75. The molecule has 1 aliphatic rings. The van der Waals surface area contributed by atoms with Crippen molar-refractivity contribution in [2.75, 3.05) is 25.0 Å². The maximum absolute atomic E-state index is 14.1. The van der Waals surface area contributed by atoms with Crippen LogP contribution in [-0.2, 0) is 6.54 Å². The second-order valence-electron chi connectivity index (χ2n) is 5.44. The fourth-order valence-electron chi connectivity index (χ4n) is 2.57. The number of hydrogen-bond acceptors (Lipinski definition) is 3. The molecule has 0 amide bonds. The largest absolute Gasteiger partial charge is 0.393 e. The van der Waals surface area contributed by atoms with Crippen molar-refractivity contribution in [2.24, 2.45) is 5.92 Å². The van der Waals surface area contributed by atoms with Gasteiger partial charge in [0.15, 0.2) is 0 Å². The van der Waals surface area contributed by atoms with E-state index in [9.17, 15) is 9.50 Å². The lowest BCUT2D eigenvalue weighted by molar-refractivity contribution is 0.0464. The molecular formula is C15H23FN2O. The molecule has 106 valence electrons. The molecule has 19 heavy (non-hydrogen) atoms. The molecule has 0 heterocycles. The summed E-state index contributed by atoms with van der Waals surface area (Å²) in [6, 6.07) is 5.41. The monoisotopic (exact) mass is 266 g/mol. The molecule has 1 aliphatic carbocycles. The van der Waals surface area contributed by atoms with Crippen LogP contribution in [0.25, 0.3) is 0 Å². The van der Waals surface area contributed by atoms with E-state index in [1.807, 2.05) is 31.0 Å². The van der Waals surface area contributed by atoms with Gasteiger partial charge in [0.05, 0.1) is 11.8 Å². The smallest absolute Gasteiger partial charge is 0.146 e. The van der Waals surface area contributed by atoms with Crippen molar-refractivity contribution in [2.45, 2.75) is 32.4 Å². The molecule has 0 unspecified atom stereocenters. The van der Waals surface area contributed by atoms with Gasteiger partial charge >= 0.3 is 0 Å². The third-order valence-electron chi connectivity index (χ3n) is 3.75. The minimum Gasteiger partial charge on any atom is -0.393 e. The minimum atomic E-state index is -0.169. The molecule has 4 heteroatoms. The van der Waals surface area contributed by atoms with Crippen LogP contribution in [0, 0.1) is 11.7 Å². The summed E-state index contributed by atoms with van der Waals surface area (Å²) in [5.74, 6) is 0.318. The van der Waals surface area contributed by atoms with Crippen LogP contribution >= 0.6 is 0 Å². The minimum absolute atomic E-state index is 0.147. The van der Waals surface area contributed by atoms with Crippen LogP contribution in [0.4, 0.5) is 10.1 Å². The predicted molar refractivity (Wildman–Crippen MR) is 75.8 cm³/mol. The van der Waals surface area contributed by atoms with Gasteiger partial charge in [-0.25, -0.2) is 4.39 Å². The molecule has 0 aromatic heterocycles. The highest BCUT2D eigenvalue weighted by Gasteiger charge is 2.28. The Bertz CT molecular complexity index is 419. The van der Waals surface area contributed by atoms with E-state index in [0.29, 0.717) is 18.2 Å². The first kappa shape index (κ1) is 14.3. The van der Waals surface area contributed by atoms with Gasteiger partial charge in [0.25, 0.3) is 0 Å². The van der Waals surface area contributed by atoms with Crippen molar-refractivity contribution < 1.29 is 9.50 Å². The van der Waals surface area contributed by atoms with Crippen LogP contribution in [0.1, 0.15) is 25.3 Å². The second kappa shape index (κ2) is 6.35. The van der Waals surface area contributed by atoms with E-state index >= 15 is 0 Å². The first-order valence-corrected chi connectivity index (χ1v) is 6.98. The van der Waals surface area contributed by atoms with Crippen molar-refractivity contribution in [3.63, 3.8) is 0 Å². The summed E-state index contributed by atoms with van der Waals surface area (Å²) < 4.78 is 14.1. The van der Waals surface area contributed by atoms with E-state index in [1.54, 1.807) is 6.07 Å². The van der Waals surface area contributed by atoms with Crippen LogP contribution < -0.4 is 10.2 Å². The van der Waals surface area contributed by atoms with E-state index in [4.69, 9.17) is 0 Å². The van der Waals surface area contributed by atoms with E-state index in [1.165, 1.54) is 0 Å². The summed E-state index contributed by atoms with van der Waals surface area (Å²) in [5, 5.41) is 12.5. The molecule has 2 rings (SSSR count). The van der Waals surface area contributed by atoms with Gasteiger partial charge < -0.3 is 15.3 Å². The lowest BCUT2D eigenvalue weighted by Crippen LogP contribution is -2.37. The highest BCUT2D eigenvalue weighted by molar-refractivity contribution is 5.48. The number of nitrogens with zero attached hydrogens (tertiary/aromatic N) is 1. The molecule has 0 atom stereocenters. The van der Waals surface area contributed by atoms with E-state index in [2.05, 4.69) is 5.32 Å². The highest BCUT2D eigenvalue weighted by Crippen LogP contribution is 2.29. The Labute approximate surface area is 114 Å². The summed E-state index contributed by atoms with van der Waals surface area (Å²) in [6.07, 6.45) is 1.53. The maximum atomic E-state index is 14.1. The highest BCUT2D eigenvalue weighted by atomic mass is 19.1. The summed E-state index contributed by atoms with van der Waals surface area (Å²) in [5.41, 5.74) is 1.61. The zero-order valence-corrected chi connectivity index (χ0v) is 11.7.